The fourth-order valence-electron chi connectivity index (χ4n) is 11.1. The summed E-state index contributed by atoms with van der Waals surface area (Å²) < 4.78 is 0. The minimum Gasteiger partial charge on any atom is -0.356 e. The number of unbranched alkanes of at least 4 members (excludes halogenated alkanes) is 57. The summed E-state index contributed by atoms with van der Waals surface area (Å²) in [5, 5.41) is 6.26. The monoisotopic (exact) mass is 1010 g/mol. The van der Waals surface area contributed by atoms with Crippen molar-refractivity contribution < 1.29 is 9.59 Å². The molecule has 0 radical (unpaired) electrons. The Morgan fingerprint density at radius 2 is 0.306 bits per heavy atom. The lowest BCUT2D eigenvalue weighted by Crippen LogP contribution is -2.24. The fraction of sp³-hybridized carbons (Fsp3) is 0.971. The van der Waals surface area contributed by atoms with E-state index in [1.165, 1.54) is 347 Å². The van der Waals surface area contributed by atoms with Gasteiger partial charge in [0.2, 0.25) is 11.8 Å². The summed E-state index contributed by atoms with van der Waals surface area (Å²) in [7, 11) is 0. The molecule has 0 saturated heterocycles. The largest absolute Gasteiger partial charge is 0.356 e. The van der Waals surface area contributed by atoms with Crippen LogP contribution in [-0.4, -0.2) is 24.9 Å². The highest BCUT2D eigenvalue weighted by molar-refractivity contribution is 5.76. The van der Waals surface area contributed by atoms with Crippen LogP contribution in [0.1, 0.15) is 412 Å². The summed E-state index contributed by atoms with van der Waals surface area (Å²) in [6.07, 6.45) is 84.9. The van der Waals surface area contributed by atoms with Crippen molar-refractivity contribution in [2.45, 2.75) is 412 Å². The number of hydrogen-bond donors (Lipinski definition) is 2. The van der Waals surface area contributed by atoms with Gasteiger partial charge < -0.3 is 10.6 Å². The summed E-state index contributed by atoms with van der Waals surface area (Å²) in [6, 6.07) is 0. The Bertz CT molecular complexity index is 921. The Labute approximate surface area is 455 Å². The third-order valence-electron chi connectivity index (χ3n) is 16.3. The maximum Gasteiger partial charge on any atom is 0.219 e. The number of amides is 2. The van der Waals surface area contributed by atoms with Gasteiger partial charge in [0.25, 0.3) is 0 Å². The summed E-state index contributed by atoms with van der Waals surface area (Å²) in [5.41, 5.74) is 0. The standard InChI is InChI=1S/C68H136N2O2/c1-3-5-7-9-11-13-15-17-19-21-23-25-27-29-31-33-35-37-39-41-43-45-47-49-51-53-55-59-63-67(71)69-65-61-57-58-62-66-70-68(72)64-60-56-54-52-50-48-46-44-42-40-38-36-34-32-30-28-26-24-22-20-18-16-14-12-10-8-6-4-2/h3-66H2,1-2H3,(H,69,71)(H,70,72). The minimum atomic E-state index is 0.230. The van der Waals surface area contributed by atoms with Crippen LogP contribution in [0.3, 0.4) is 0 Å². The molecule has 0 spiro atoms. The van der Waals surface area contributed by atoms with Crippen LogP contribution in [0.5, 0.6) is 0 Å². The maximum atomic E-state index is 12.3. The van der Waals surface area contributed by atoms with Crippen molar-refractivity contribution in [1.29, 1.82) is 0 Å². The van der Waals surface area contributed by atoms with Crippen LogP contribution in [0.4, 0.5) is 0 Å². The van der Waals surface area contributed by atoms with Gasteiger partial charge in [0.05, 0.1) is 0 Å². The van der Waals surface area contributed by atoms with E-state index in [1.54, 1.807) is 0 Å². The van der Waals surface area contributed by atoms with Crippen molar-refractivity contribution in [3.63, 3.8) is 0 Å². The zero-order valence-corrected chi connectivity index (χ0v) is 50.1. The second-order valence-electron chi connectivity index (χ2n) is 23.7. The van der Waals surface area contributed by atoms with Crippen LogP contribution in [-0.2, 0) is 9.59 Å². The van der Waals surface area contributed by atoms with E-state index in [0.29, 0.717) is 12.8 Å². The molecule has 72 heavy (non-hydrogen) atoms. The highest BCUT2D eigenvalue weighted by atomic mass is 16.2. The topological polar surface area (TPSA) is 58.2 Å². The van der Waals surface area contributed by atoms with E-state index in [4.69, 9.17) is 0 Å². The van der Waals surface area contributed by atoms with E-state index in [1.807, 2.05) is 0 Å². The fourth-order valence-corrected chi connectivity index (χ4v) is 11.1. The molecule has 0 saturated carbocycles. The van der Waals surface area contributed by atoms with Gasteiger partial charge in [-0.1, -0.05) is 373 Å². The van der Waals surface area contributed by atoms with Crippen molar-refractivity contribution >= 4 is 11.8 Å². The van der Waals surface area contributed by atoms with Gasteiger partial charge in [0.1, 0.15) is 0 Å². The summed E-state index contributed by atoms with van der Waals surface area (Å²) in [6.45, 7) is 6.20. The molecule has 4 heteroatoms. The molecule has 0 aliphatic carbocycles. The molecular formula is C68H136N2O2. The predicted molar refractivity (Wildman–Crippen MR) is 324 cm³/mol. The molecule has 0 heterocycles. The Morgan fingerprint density at radius 3 is 0.458 bits per heavy atom. The van der Waals surface area contributed by atoms with Crippen LogP contribution >= 0.6 is 0 Å². The van der Waals surface area contributed by atoms with Crippen molar-refractivity contribution in [1.82, 2.24) is 10.6 Å². The smallest absolute Gasteiger partial charge is 0.219 e. The summed E-state index contributed by atoms with van der Waals surface area (Å²) in [4.78, 5) is 24.5. The molecule has 2 N–H and O–H groups in total. The molecule has 4 nitrogen and oxygen atoms in total. The normalized spacial score (nSPS) is 11.5. The molecular weight excluding hydrogens is 877 g/mol. The van der Waals surface area contributed by atoms with Gasteiger partial charge in [-0.3, -0.25) is 9.59 Å². The maximum absolute atomic E-state index is 12.3. The predicted octanol–water partition coefficient (Wildman–Crippen LogP) is 23.4. The zero-order chi connectivity index (χ0) is 51.8. The molecule has 430 valence electrons. The summed E-state index contributed by atoms with van der Waals surface area (Å²) in [5.74, 6) is 0.460. The zero-order valence-electron chi connectivity index (χ0n) is 50.1. The van der Waals surface area contributed by atoms with Gasteiger partial charge in [-0.05, 0) is 25.7 Å². The minimum absolute atomic E-state index is 0.230. The Balaban J connectivity index is 3.21. The number of carbonyl (C=O) groups is 2. The van der Waals surface area contributed by atoms with Gasteiger partial charge in [-0.25, -0.2) is 0 Å². The van der Waals surface area contributed by atoms with Crippen molar-refractivity contribution in [3.8, 4) is 0 Å². The lowest BCUT2D eigenvalue weighted by atomic mass is 10.0. The highest BCUT2D eigenvalue weighted by Crippen LogP contribution is 2.19. The molecule has 0 bridgehead atoms. The van der Waals surface area contributed by atoms with Crippen molar-refractivity contribution in [2.75, 3.05) is 13.1 Å². The lowest BCUT2D eigenvalue weighted by molar-refractivity contribution is -0.122. The third-order valence-corrected chi connectivity index (χ3v) is 16.3. The lowest BCUT2D eigenvalue weighted by Gasteiger charge is -2.07. The SMILES string of the molecule is CCCCCCCCCCCCCCCCCCCCCCCCCCCCCCC(=O)NCCCCCCNC(=O)CCCCCCCCCCCCCCCCCCCCCCCCCCCCCC. The molecule has 2 amide bonds. The molecule has 0 aromatic carbocycles. The van der Waals surface area contributed by atoms with E-state index in [2.05, 4.69) is 24.5 Å². The molecule has 0 aliphatic rings. The molecule has 0 aromatic rings. The van der Waals surface area contributed by atoms with Crippen LogP contribution in [0, 0.1) is 0 Å². The second kappa shape index (κ2) is 66.1. The van der Waals surface area contributed by atoms with Crippen LogP contribution in [0.25, 0.3) is 0 Å². The van der Waals surface area contributed by atoms with Crippen molar-refractivity contribution in [3.05, 3.63) is 0 Å². The van der Waals surface area contributed by atoms with E-state index < -0.39 is 0 Å². The van der Waals surface area contributed by atoms with Crippen molar-refractivity contribution in [2.24, 2.45) is 0 Å². The van der Waals surface area contributed by atoms with Crippen LogP contribution < -0.4 is 10.6 Å². The first-order valence-corrected chi connectivity index (χ1v) is 34.2. The molecule has 0 aliphatic heterocycles. The van der Waals surface area contributed by atoms with E-state index in [-0.39, 0.29) is 11.8 Å². The number of carbonyl (C=O) groups excluding carboxylic acids is 2. The molecule has 0 aromatic heterocycles. The quantitative estimate of drug-likeness (QED) is 0.0597. The van der Waals surface area contributed by atoms with Gasteiger partial charge in [-0.15, -0.1) is 0 Å². The van der Waals surface area contributed by atoms with Gasteiger partial charge in [-0.2, -0.15) is 0 Å². The van der Waals surface area contributed by atoms with E-state index in [0.717, 1.165) is 51.6 Å². The first kappa shape index (κ1) is 70.9. The Kier molecular flexibility index (Phi) is 65.1. The first-order valence-electron chi connectivity index (χ1n) is 34.2. The number of nitrogens with one attached hydrogen (secondary N) is 2. The average molecular weight is 1010 g/mol. The average Bonchev–Trinajstić information content (AvgIpc) is 3.38. The highest BCUT2D eigenvalue weighted by Gasteiger charge is 2.04. The Hall–Kier alpha value is -1.06. The molecule has 0 rings (SSSR count). The summed E-state index contributed by atoms with van der Waals surface area (Å²) >= 11 is 0. The Morgan fingerprint density at radius 1 is 0.181 bits per heavy atom. The van der Waals surface area contributed by atoms with E-state index in [9.17, 15) is 9.59 Å². The second-order valence-corrected chi connectivity index (χ2v) is 23.7. The van der Waals surface area contributed by atoms with Gasteiger partial charge >= 0.3 is 0 Å². The first-order chi connectivity index (χ1) is 35.7. The van der Waals surface area contributed by atoms with Gasteiger partial charge in [0.15, 0.2) is 0 Å². The third kappa shape index (κ3) is 65.1. The molecule has 0 atom stereocenters. The number of hydrogen-bond acceptors (Lipinski definition) is 2. The van der Waals surface area contributed by atoms with Crippen LogP contribution in [0.15, 0.2) is 0 Å². The van der Waals surface area contributed by atoms with Gasteiger partial charge in [0, 0.05) is 25.9 Å². The van der Waals surface area contributed by atoms with Crippen LogP contribution in [0.2, 0.25) is 0 Å². The molecule has 0 unspecified atom stereocenters. The molecule has 0 fully saturated rings. The number of rotatable bonds is 65. The van der Waals surface area contributed by atoms with E-state index >= 15 is 0 Å².